The third-order valence-corrected chi connectivity index (χ3v) is 5.22. The maximum Gasteiger partial charge on any atom is 0.274 e. The van der Waals surface area contributed by atoms with E-state index < -0.39 is 0 Å². The first-order valence-corrected chi connectivity index (χ1v) is 9.25. The summed E-state index contributed by atoms with van der Waals surface area (Å²) in [5.74, 6) is 0.0322. The van der Waals surface area contributed by atoms with Crippen molar-refractivity contribution in [1.82, 2.24) is 25.0 Å². The van der Waals surface area contributed by atoms with Gasteiger partial charge >= 0.3 is 0 Å². The molecule has 0 saturated carbocycles. The first kappa shape index (κ1) is 17.2. The molecular formula is C19H25N5O2. The number of H-pyrrole nitrogens is 1. The van der Waals surface area contributed by atoms with Gasteiger partial charge in [0.05, 0.1) is 17.9 Å². The molecule has 7 nitrogen and oxygen atoms in total. The lowest BCUT2D eigenvalue weighted by Gasteiger charge is -2.34. The number of hydrogen-bond acceptors (Lipinski definition) is 5. The normalized spacial score (nSPS) is 23.7. The van der Waals surface area contributed by atoms with Gasteiger partial charge in [-0.2, -0.15) is 5.10 Å². The Labute approximate surface area is 153 Å². The van der Waals surface area contributed by atoms with Gasteiger partial charge < -0.3 is 9.64 Å². The van der Waals surface area contributed by atoms with Gasteiger partial charge in [-0.1, -0.05) is 6.07 Å². The number of nitrogens with zero attached hydrogens (tertiary/aromatic N) is 4. The second-order valence-electron chi connectivity index (χ2n) is 7.19. The quantitative estimate of drug-likeness (QED) is 0.908. The fourth-order valence-corrected chi connectivity index (χ4v) is 3.86. The average molecular weight is 355 g/mol. The molecule has 2 aliphatic heterocycles. The number of aromatic amines is 1. The number of fused-ring (bicyclic) bond motifs is 1. The zero-order chi connectivity index (χ0) is 18.1. The predicted molar refractivity (Wildman–Crippen MR) is 96.7 cm³/mol. The van der Waals surface area contributed by atoms with Crippen molar-refractivity contribution in [2.24, 2.45) is 0 Å². The number of carbonyl (C=O) groups excluding carboxylic acids is 1. The molecule has 1 amide bonds. The molecule has 1 fully saturated rings. The summed E-state index contributed by atoms with van der Waals surface area (Å²) in [4.78, 5) is 21.4. The molecule has 1 saturated heterocycles. The van der Waals surface area contributed by atoms with Crippen LogP contribution in [-0.2, 0) is 17.7 Å². The van der Waals surface area contributed by atoms with E-state index in [4.69, 9.17) is 4.74 Å². The monoisotopic (exact) mass is 355 g/mol. The molecule has 0 bridgehead atoms. The van der Waals surface area contributed by atoms with Gasteiger partial charge in [-0.3, -0.25) is 19.8 Å². The van der Waals surface area contributed by atoms with Crippen LogP contribution in [0.5, 0.6) is 0 Å². The number of carbonyl (C=O) groups is 1. The zero-order valence-corrected chi connectivity index (χ0v) is 15.3. The molecule has 2 aromatic rings. The van der Waals surface area contributed by atoms with Crippen LogP contribution in [0.4, 0.5) is 0 Å². The first-order valence-electron chi connectivity index (χ1n) is 9.25. The number of amides is 1. The maximum atomic E-state index is 13.0. The summed E-state index contributed by atoms with van der Waals surface area (Å²) in [7, 11) is 0. The molecule has 0 aromatic carbocycles. The molecule has 0 aliphatic carbocycles. The topological polar surface area (TPSA) is 74.4 Å². The first-order chi connectivity index (χ1) is 12.6. The minimum atomic E-state index is -0.0425. The maximum absolute atomic E-state index is 13.0. The Bertz CT molecular complexity index is 767. The van der Waals surface area contributed by atoms with E-state index in [1.807, 2.05) is 31.0 Å². The van der Waals surface area contributed by atoms with E-state index in [0.29, 0.717) is 5.69 Å². The third-order valence-electron chi connectivity index (χ3n) is 5.22. The van der Waals surface area contributed by atoms with Crippen molar-refractivity contribution >= 4 is 5.91 Å². The summed E-state index contributed by atoms with van der Waals surface area (Å²) in [6.07, 6.45) is 4.49. The van der Waals surface area contributed by atoms with Gasteiger partial charge in [-0.05, 0) is 25.5 Å². The summed E-state index contributed by atoms with van der Waals surface area (Å²) in [5.41, 5.74) is 3.75. The van der Waals surface area contributed by atoms with Crippen molar-refractivity contribution in [3.63, 3.8) is 0 Å². The number of pyridine rings is 1. The van der Waals surface area contributed by atoms with Gasteiger partial charge in [-0.25, -0.2) is 0 Å². The summed E-state index contributed by atoms with van der Waals surface area (Å²) in [6, 6.07) is 4.05. The van der Waals surface area contributed by atoms with Crippen LogP contribution in [-0.4, -0.2) is 63.2 Å². The van der Waals surface area contributed by atoms with Crippen LogP contribution in [0.25, 0.3) is 0 Å². The van der Waals surface area contributed by atoms with E-state index in [-0.39, 0.29) is 18.1 Å². The molecule has 0 radical (unpaired) electrons. The predicted octanol–water partition coefficient (Wildman–Crippen LogP) is 1.78. The van der Waals surface area contributed by atoms with E-state index in [2.05, 4.69) is 26.1 Å². The average Bonchev–Trinajstić information content (AvgIpc) is 3.07. The van der Waals surface area contributed by atoms with Gasteiger partial charge in [0.2, 0.25) is 0 Å². The molecule has 0 unspecified atom stereocenters. The minimum absolute atomic E-state index is 0.0322. The lowest BCUT2D eigenvalue weighted by molar-refractivity contribution is -0.00704. The van der Waals surface area contributed by atoms with E-state index in [9.17, 15) is 4.79 Å². The summed E-state index contributed by atoms with van der Waals surface area (Å²) >= 11 is 0. The highest BCUT2D eigenvalue weighted by molar-refractivity contribution is 5.94. The van der Waals surface area contributed by atoms with Crippen molar-refractivity contribution in [2.75, 3.05) is 26.2 Å². The van der Waals surface area contributed by atoms with E-state index in [1.165, 1.54) is 5.56 Å². The second kappa shape index (κ2) is 7.17. The summed E-state index contributed by atoms with van der Waals surface area (Å²) in [5, 5.41) is 7.34. The van der Waals surface area contributed by atoms with E-state index >= 15 is 0 Å². The number of piperazine rings is 1. The number of nitrogens with one attached hydrogen (secondary N) is 1. The summed E-state index contributed by atoms with van der Waals surface area (Å²) < 4.78 is 5.81. The number of rotatable bonds is 3. The second-order valence-corrected chi connectivity index (χ2v) is 7.19. The Balaban J connectivity index is 1.40. The van der Waals surface area contributed by atoms with Crippen LogP contribution in [0.2, 0.25) is 0 Å². The van der Waals surface area contributed by atoms with Crippen molar-refractivity contribution < 1.29 is 9.53 Å². The summed E-state index contributed by atoms with van der Waals surface area (Å²) in [6.45, 7) is 8.09. The Kier molecular flexibility index (Phi) is 4.74. The van der Waals surface area contributed by atoms with Gasteiger partial charge in [-0.15, -0.1) is 0 Å². The Morgan fingerprint density at radius 1 is 1.31 bits per heavy atom. The molecular weight excluding hydrogens is 330 g/mol. The molecule has 4 rings (SSSR count). The van der Waals surface area contributed by atoms with Crippen molar-refractivity contribution in [2.45, 2.75) is 39.0 Å². The van der Waals surface area contributed by atoms with E-state index in [0.717, 1.165) is 50.4 Å². The standard InChI is InChI=1S/C19H25N5O2/c1-13-10-16-17(14(2)26-13)21-22-18(16)19(25)24-8-6-23(7-9-24)12-15-4-3-5-20-11-15/h3-5,11,13-14H,6-10,12H2,1-2H3,(H,21,22)/t13-,14+/m1/s1. The molecule has 1 N–H and O–H groups in total. The van der Waals surface area contributed by atoms with Crippen LogP contribution in [0.3, 0.4) is 0 Å². The smallest absolute Gasteiger partial charge is 0.274 e. The molecule has 4 heterocycles. The highest BCUT2D eigenvalue weighted by atomic mass is 16.5. The van der Waals surface area contributed by atoms with Gasteiger partial charge in [0.15, 0.2) is 5.69 Å². The molecule has 138 valence electrons. The fraction of sp³-hybridized carbons (Fsp3) is 0.526. The molecule has 2 atom stereocenters. The largest absolute Gasteiger partial charge is 0.369 e. The van der Waals surface area contributed by atoms with Crippen LogP contribution in [0.1, 0.15) is 47.3 Å². The molecule has 0 spiro atoms. The van der Waals surface area contributed by atoms with Crippen LogP contribution in [0.15, 0.2) is 24.5 Å². The molecule has 7 heteroatoms. The Morgan fingerprint density at radius 2 is 2.12 bits per heavy atom. The van der Waals surface area contributed by atoms with Crippen LogP contribution >= 0.6 is 0 Å². The highest BCUT2D eigenvalue weighted by Gasteiger charge is 2.32. The van der Waals surface area contributed by atoms with Gasteiger partial charge in [0, 0.05) is 57.1 Å². The number of aromatic nitrogens is 3. The van der Waals surface area contributed by atoms with Crippen molar-refractivity contribution in [3.05, 3.63) is 47.0 Å². The van der Waals surface area contributed by atoms with E-state index in [1.54, 1.807) is 6.20 Å². The fourth-order valence-electron chi connectivity index (χ4n) is 3.86. The van der Waals surface area contributed by atoms with Gasteiger partial charge in [0.25, 0.3) is 5.91 Å². The van der Waals surface area contributed by atoms with Crippen LogP contribution in [0, 0.1) is 0 Å². The Hall–Kier alpha value is -2.25. The van der Waals surface area contributed by atoms with Crippen LogP contribution < -0.4 is 0 Å². The highest BCUT2D eigenvalue weighted by Crippen LogP contribution is 2.30. The lowest BCUT2D eigenvalue weighted by atomic mass is 9.99. The minimum Gasteiger partial charge on any atom is -0.369 e. The van der Waals surface area contributed by atoms with Crippen molar-refractivity contribution in [3.8, 4) is 0 Å². The molecule has 26 heavy (non-hydrogen) atoms. The molecule has 2 aromatic heterocycles. The SMILES string of the molecule is C[C@@H]1Cc2c(C(=O)N3CCN(Cc4cccnc4)CC3)n[nH]c2[C@H](C)O1. The lowest BCUT2D eigenvalue weighted by Crippen LogP contribution is -2.48. The van der Waals surface area contributed by atoms with Gasteiger partial charge in [0.1, 0.15) is 0 Å². The Morgan fingerprint density at radius 3 is 2.85 bits per heavy atom. The zero-order valence-electron chi connectivity index (χ0n) is 15.3. The molecule has 2 aliphatic rings. The third kappa shape index (κ3) is 3.37. The number of hydrogen-bond donors (Lipinski definition) is 1. The number of ether oxygens (including phenoxy) is 1. The van der Waals surface area contributed by atoms with Crippen molar-refractivity contribution in [1.29, 1.82) is 0 Å².